The van der Waals surface area contributed by atoms with Gasteiger partial charge in [0, 0.05) is 10.7 Å². The number of benzene rings is 1. The van der Waals surface area contributed by atoms with E-state index in [1.54, 1.807) is 24.3 Å². The fourth-order valence-corrected chi connectivity index (χ4v) is 2.33. The number of hydrogen-bond donors (Lipinski definition) is 3. The van der Waals surface area contributed by atoms with E-state index < -0.39 is 17.9 Å². The molecule has 0 spiro atoms. The zero-order valence-corrected chi connectivity index (χ0v) is 11.2. The van der Waals surface area contributed by atoms with Gasteiger partial charge in [0.1, 0.15) is 0 Å². The quantitative estimate of drug-likeness (QED) is 0.790. The highest BCUT2D eigenvalue weighted by molar-refractivity contribution is 6.40. The molecule has 3 N–H and O–H groups in total. The van der Waals surface area contributed by atoms with E-state index in [0.29, 0.717) is 10.6 Å². The summed E-state index contributed by atoms with van der Waals surface area (Å²) in [7, 11) is 0. The third-order valence-electron chi connectivity index (χ3n) is 2.98. The first-order chi connectivity index (χ1) is 9.43. The number of carboxylic acid groups (broad SMARTS) is 2. The lowest BCUT2D eigenvalue weighted by molar-refractivity contribution is -0.132. The van der Waals surface area contributed by atoms with Gasteiger partial charge in [-0.3, -0.25) is 5.43 Å². The van der Waals surface area contributed by atoms with Gasteiger partial charge in [0.25, 0.3) is 0 Å². The van der Waals surface area contributed by atoms with Crippen LogP contribution in [0.15, 0.2) is 40.6 Å². The number of nitrogens with zero attached hydrogens (tertiary/aromatic N) is 1. The number of carboxylic acids is 2. The molecule has 1 aliphatic rings. The van der Waals surface area contributed by atoms with E-state index in [1.807, 2.05) is 0 Å². The molecule has 20 heavy (non-hydrogen) atoms. The van der Waals surface area contributed by atoms with Crippen molar-refractivity contribution in [2.24, 2.45) is 5.10 Å². The fraction of sp³-hybridized carbons (Fsp3) is 0.154. The van der Waals surface area contributed by atoms with E-state index in [0.717, 1.165) is 0 Å². The van der Waals surface area contributed by atoms with Crippen LogP contribution in [0.5, 0.6) is 0 Å². The van der Waals surface area contributed by atoms with Gasteiger partial charge in [0.15, 0.2) is 5.71 Å². The Morgan fingerprint density at radius 1 is 1.25 bits per heavy atom. The van der Waals surface area contributed by atoms with Gasteiger partial charge >= 0.3 is 11.9 Å². The molecule has 0 saturated heterocycles. The normalized spacial score (nSPS) is 18.3. The van der Waals surface area contributed by atoms with Crippen molar-refractivity contribution in [1.29, 1.82) is 0 Å². The standard InChI is InChI=1S/C13H11ClN2O4/c1-6-9(12(17)18)10(11(13(19)20)16-15-6)7-4-2-3-5-8(7)14/h2-5,10,15H,1H3,(H,17,18)(H,19,20). The molecule has 0 bridgehead atoms. The van der Waals surface area contributed by atoms with Gasteiger partial charge in [-0.15, -0.1) is 0 Å². The Bertz CT molecular complexity index is 652. The Balaban J connectivity index is 2.66. The molecule has 104 valence electrons. The van der Waals surface area contributed by atoms with Crippen LogP contribution in [0.1, 0.15) is 18.4 Å². The van der Waals surface area contributed by atoms with Crippen LogP contribution in [-0.2, 0) is 9.59 Å². The van der Waals surface area contributed by atoms with Gasteiger partial charge in [0.05, 0.1) is 11.5 Å². The number of allylic oxidation sites excluding steroid dienone is 1. The third kappa shape index (κ3) is 2.37. The summed E-state index contributed by atoms with van der Waals surface area (Å²) >= 11 is 6.06. The van der Waals surface area contributed by atoms with Crippen LogP contribution in [0.25, 0.3) is 0 Å². The van der Waals surface area contributed by atoms with Crippen molar-refractivity contribution in [3.8, 4) is 0 Å². The molecule has 0 saturated carbocycles. The van der Waals surface area contributed by atoms with E-state index in [2.05, 4.69) is 10.5 Å². The number of nitrogens with one attached hydrogen (secondary N) is 1. The summed E-state index contributed by atoms with van der Waals surface area (Å²) in [5.41, 5.74) is 2.73. The van der Waals surface area contributed by atoms with Crippen LogP contribution in [0, 0.1) is 0 Å². The largest absolute Gasteiger partial charge is 0.478 e. The average molecular weight is 295 g/mol. The summed E-state index contributed by atoms with van der Waals surface area (Å²) < 4.78 is 0. The Morgan fingerprint density at radius 2 is 1.90 bits per heavy atom. The number of carbonyl (C=O) groups is 2. The Labute approximate surface area is 119 Å². The molecule has 0 radical (unpaired) electrons. The number of rotatable bonds is 3. The zero-order chi connectivity index (χ0) is 14.9. The van der Waals surface area contributed by atoms with E-state index in [-0.39, 0.29) is 17.0 Å². The van der Waals surface area contributed by atoms with Crippen LogP contribution in [0.4, 0.5) is 0 Å². The second-order valence-corrected chi connectivity index (χ2v) is 4.62. The minimum atomic E-state index is -1.30. The summed E-state index contributed by atoms with van der Waals surface area (Å²) in [5.74, 6) is -3.53. The van der Waals surface area contributed by atoms with Crippen molar-refractivity contribution in [3.63, 3.8) is 0 Å². The predicted octanol–water partition coefficient (Wildman–Crippen LogP) is 1.83. The Hall–Kier alpha value is -2.34. The van der Waals surface area contributed by atoms with Crippen molar-refractivity contribution in [2.75, 3.05) is 0 Å². The molecular formula is C13H11ClN2O4. The average Bonchev–Trinajstić information content (AvgIpc) is 2.38. The highest BCUT2D eigenvalue weighted by atomic mass is 35.5. The van der Waals surface area contributed by atoms with Crippen molar-refractivity contribution < 1.29 is 19.8 Å². The third-order valence-corrected chi connectivity index (χ3v) is 3.32. The molecule has 6 nitrogen and oxygen atoms in total. The molecule has 1 aromatic carbocycles. The summed E-state index contributed by atoms with van der Waals surface area (Å²) in [5, 5.41) is 22.6. The van der Waals surface area contributed by atoms with E-state index in [9.17, 15) is 19.8 Å². The van der Waals surface area contributed by atoms with E-state index in [1.165, 1.54) is 6.92 Å². The van der Waals surface area contributed by atoms with Crippen molar-refractivity contribution in [1.82, 2.24) is 5.43 Å². The molecular weight excluding hydrogens is 284 g/mol. The second kappa shape index (κ2) is 5.34. The van der Waals surface area contributed by atoms with Gasteiger partial charge in [-0.05, 0) is 18.6 Å². The molecule has 0 fully saturated rings. The van der Waals surface area contributed by atoms with Crippen LogP contribution in [0.3, 0.4) is 0 Å². The number of hydrazone groups is 1. The summed E-state index contributed by atoms with van der Waals surface area (Å²) in [4.78, 5) is 22.7. The van der Waals surface area contributed by atoms with Crippen LogP contribution < -0.4 is 5.43 Å². The van der Waals surface area contributed by atoms with Gasteiger partial charge in [-0.1, -0.05) is 29.8 Å². The van der Waals surface area contributed by atoms with Crippen LogP contribution in [0.2, 0.25) is 5.02 Å². The first-order valence-corrected chi connectivity index (χ1v) is 6.06. The first kappa shape index (κ1) is 14.1. The lowest BCUT2D eigenvalue weighted by atomic mass is 9.85. The van der Waals surface area contributed by atoms with Gasteiger partial charge in [-0.2, -0.15) is 5.10 Å². The highest BCUT2D eigenvalue weighted by Gasteiger charge is 2.36. The Kier molecular flexibility index (Phi) is 3.76. The molecule has 1 aliphatic heterocycles. The van der Waals surface area contributed by atoms with Gasteiger partial charge in [0.2, 0.25) is 0 Å². The number of aliphatic carboxylic acids is 2. The minimum absolute atomic E-state index is 0.0782. The minimum Gasteiger partial charge on any atom is -0.478 e. The lowest BCUT2D eigenvalue weighted by Gasteiger charge is -2.24. The summed E-state index contributed by atoms with van der Waals surface area (Å²) in [6, 6.07) is 6.51. The highest BCUT2D eigenvalue weighted by Crippen LogP contribution is 2.34. The molecule has 7 heteroatoms. The zero-order valence-electron chi connectivity index (χ0n) is 10.4. The maximum Gasteiger partial charge on any atom is 0.353 e. The smallest absolute Gasteiger partial charge is 0.353 e. The lowest BCUT2D eigenvalue weighted by Crippen LogP contribution is -2.34. The van der Waals surface area contributed by atoms with E-state index in [4.69, 9.17) is 11.6 Å². The van der Waals surface area contributed by atoms with Crippen molar-refractivity contribution >= 4 is 29.3 Å². The molecule has 2 rings (SSSR count). The molecule has 1 aromatic rings. The first-order valence-electron chi connectivity index (χ1n) is 5.69. The van der Waals surface area contributed by atoms with Crippen LogP contribution in [-0.4, -0.2) is 27.9 Å². The maximum atomic E-state index is 11.4. The molecule has 0 amide bonds. The Morgan fingerprint density at radius 3 is 2.45 bits per heavy atom. The second-order valence-electron chi connectivity index (χ2n) is 4.21. The summed E-state index contributed by atoms with van der Waals surface area (Å²) in [6.07, 6.45) is 0. The predicted molar refractivity (Wildman–Crippen MR) is 72.7 cm³/mol. The van der Waals surface area contributed by atoms with Crippen LogP contribution >= 0.6 is 11.6 Å². The fourth-order valence-electron chi connectivity index (χ4n) is 2.09. The van der Waals surface area contributed by atoms with Gasteiger partial charge in [-0.25, -0.2) is 9.59 Å². The van der Waals surface area contributed by atoms with E-state index >= 15 is 0 Å². The molecule has 0 aromatic heterocycles. The summed E-state index contributed by atoms with van der Waals surface area (Å²) in [6.45, 7) is 1.52. The number of halogens is 1. The number of hydrogen-bond acceptors (Lipinski definition) is 4. The van der Waals surface area contributed by atoms with Gasteiger partial charge < -0.3 is 10.2 Å². The molecule has 1 heterocycles. The molecule has 0 aliphatic carbocycles. The monoisotopic (exact) mass is 294 g/mol. The SMILES string of the molecule is CC1=C(C(=O)O)C(c2ccccc2Cl)C(C(=O)O)=NN1. The van der Waals surface area contributed by atoms with Crippen molar-refractivity contribution in [3.05, 3.63) is 46.1 Å². The maximum absolute atomic E-state index is 11.4. The van der Waals surface area contributed by atoms with Crippen molar-refractivity contribution in [2.45, 2.75) is 12.8 Å². The topological polar surface area (TPSA) is 99.0 Å². The molecule has 1 unspecified atom stereocenters. The molecule has 1 atom stereocenters.